The van der Waals surface area contributed by atoms with Gasteiger partial charge in [-0.2, -0.15) is 0 Å². The van der Waals surface area contributed by atoms with Crippen LogP contribution in [0.1, 0.15) is 44.6 Å². The lowest BCUT2D eigenvalue weighted by molar-refractivity contribution is 0.0689. The van der Waals surface area contributed by atoms with Crippen molar-refractivity contribution in [2.75, 3.05) is 6.61 Å². The fourth-order valence-electron chi connectivity index (χ4n) is 3.14. The summed E-state index contributed by atoms with van der Waals surface area (Å²) in [6.07, 6.45) is 6.68. The minimum absolute atomic E-state index is 0.665. The first kappa shape index (κ1) is 14.3. The van der Waals surface area contributed by atoms with Crippen molar-refractivity contribution in [3.05, 3.63) is 48.0 Å². The molecule has 0 radical (unpaired) electrons. The van der Waals surface area contributed by atoms with Crippen LogP contribution in [0.15, 0.2) is 42.5 Å². The van der Waals surface area contributed by atoms with Gasteiger partial charge in [-0.15, -0.1) is 0 Å². The number of ether oxygens (including phenoxy) is 1. The molecule has 1 saturated carbocycles. The van der Waals surface area contributed by atoms with Crippen LogP contribution in [0.5, 0.6) is 0 Å². The number of rotatable bonds is 5. The second kappa shape index (κ2) is 7.49. The van der Waals surface area contributed by atoms with Gasteiger partial charge in [-0.3, -0.25) is 0 Å². The Hall–Kier alpha value is -1.08. The summed E-state index contributed by atoms with van der Waals surface area (Å²) in [5.41, 5.74) is 2.61. The largest absolute Gasteiger partial charge is 0.376 e. The molecule has 1 aliphatic rings. The maximum absolute atomic E-state index is 5.95. The predicted octanol–water partition coefficient (Wildman–Crippen LogP) is 4.98. The fourth-order valence-corrected chi connectivity index (χ4v) is 3.14. The molecule has 1 unspecified atom stereocenters. The molecular weight excluding hydrogens is 232 g/mol. The van der Waals surface area contributed by atoms with Gasteiger partial charge in [-0.05, 0) is 37.2 Å². The lowest BCUT2D eigenvalue weighted by Crippen LogP contribution is -2.20. The second-order valence-corrected chi connectivity index (χ2v) is 5.85. The Labute approximate surface area is 117 Å². The first-order valence-electron chi connectivity index (χ1n) is 7.54. The maximum atomic E-state index is 5.95. The molecule has 0 aliphatic heterocycles. The fraction of sp³-hybridized carbons (Fsp3) is 0.556. The van der Waals surface area contributed by atoms with Crippen LogP contribution in [0.2, 0.25) is 0 Å². The van der Waals surface area contributed by atoms with E-state index in [-0.39, 0.29) is 0 Å². The highest BCUT2D eigenvalue weighted by atomic mass is 16.5. The van der Waals surface area contributed by atoms with Gasteiger partial charge in [0, 0.05) is 0 Å². The van der Waals surface area contributed by atoms with E-state index in [0.717, 1.165) is 13.2 Å². The molecular formula is C18H26O. The SMILES string of the molecule is C=C(C)C1CCCCC[C@H]1COCc1ccccc1. The van der Waals surface area contributed by atoms with E-state index in [9.17, 15) is 0 Å². The minimum atomic E-state index is 0.665. The summed E-state index contributed by atoms with van der Waals surface area (Å²) < 4.78 is 5.95. The standard InChI is InChI=1S/C18H26O/c1-15(2)18-12-8-4-7-11-17(18)14-19-13-16-9-5-3-6-10-16/h3,5-6,9-10,17-18H,1,4,7-8,11-14H2,2H3/t17-,18?/m0/s1. The molecule has 0 amide bonds. The van der Waals surface area contributed by atoms with Crippen LogP contribution in [0.3, 0.4) is 0 Å². The Kier molecular flexibility index (Phi) is 5.65. The van der Waals surface area contributed by atoms with Gasteiger partial charge in [0.2, 0.25) is 0 Å². The molecule has 2 atom stereocenters. The summed E-state index contributed by atoms with van der Waals surface area (Å²) in [5.74, 6) is 1.34. The Morgan fingerprint density at radius 2 is 1.89 bits per heavy atom. The molecule has 104 valence electrons. The lowest BCUT2D eigenvalue weighted by Gasteiger charge is -2.25. The molecule has 0 N–H and O–H groups in total. The summed E-state index contributed by atoms with van der Waals surface area (Å²) in [6, 6.07) is 10.4. The molecule has 1 aliphatic carbocycles. The number of allylic oxidation sites excluding steroid dienone is 1. The van der Waals surface area contributed by atoms with Crippen LogP contribution in [-0.4, -0.2) is 6.61 Å². The van der Waals surface area contributed by atoms with Gasteiger partial charge >= 0.3 is 0 Å². The predicted molar refractivity (Wildman–Crippen MR) is 81.0 cm³/mol. The number of hydrogen-bond donors (Lipinski definition) is 0. The van der Waals surface area contributed by atoms with Crippen LogP contribution in [0.4, 0.5) is 0 Å². The van der Waals surface area contributed by atoms with Crippen LogP contribution < -0.4 is 0 Å². The summed E-state index contributed by atoms with van der Waals surface area (Å²) in [7, 11) is 0. The maximum Gasteiger partial charge on any atom is 0.0717 e. The molecule has 1 aromatic rings. The van der Waals surface area contributed by atoms with Gasteiger partial charge in [0.05, 0.1) is 13.2 Å². The zero-order valence-corrected chi connectivity index (χ0v) is 12.1. The van der Waals surface area contributed by atoms with Gasteiger partial charge in [0.25, 0.3) is 0 Å². The van der Waals surface area contributed by atoms with E-state index in [1.54, 1.807) is 0 Å². The molecule has 1 fully saturated rings. The Morgan fingerprint density at radius 3 is 2.63 bits per heavy atom. The van der Waals surface area contributed by atoms with E-state index in [1.165, 1.54) is 43.2 Å². The Balaban J connectivity index is 1.83. The van der Waals surface area contributed by atoms with Crippen molar-refractivity contribution < 1.29 is 4.74 Å². The summed E-state index contributed by atoms with van der Waals surface area (Å²) >= 11 is 0. The second-order valence-electron chi connectivity index (χ2n) is 5.85. The van der Waals surface area contributed by atoms with Gasteiger partial charge in [0.15, 0.2) is 0 Å². The molecule has 0 heterocycles. The van der Waals surface area contributed by atoms with Crippen molar-refractivity contribution in [1.82, 2.24) is 0 Å². The molecule has 0 bridgehead atoms. The number of hydrogen-bond acceptors (Lipinski definition) is 1. The quantitative estimate of drug-likeness (QED) is 0.535. The first-order chi connectivity index (χ1) is 9.27. The van der Waals surface area contributed by atoms with Crippen molar-refractivity contribution >= 4 is 0 Å². The van der Waals surface area contributed by atoms with Crippen LogP contribution in [0.25, 0.3) is 0 Å². The van der Waals surface area contributed by atoms with Crippen LogP contribution in [0, 0.1) is 11.8 Å². The van der Waals surface area contributed by atoms with Gasteiger partial charge in [-0.1, -0.05) is 61.7 Å². The average Bonchev–Trinajstić information content (AvgIpc) is 2.65. The van der Waals surface area contributed by atoms with Crippen LogP contribution in [-0.2, 0) is 11.3 Å². The molecule has 0 spiro atoms. The van der Waals surface area contributed by atoms with E-state index in [4.69, 9.17) is 4.74 Å². The van der Waals surface area contributed by atoms with E-state index < -0.39 is 0 Å². The highest BCUT2D eigenvalue weighted by molar-refractivity contribution is 5.13. The van der Waals surface area contributed by atoms with Crippen molar-refractivity contribution in [3.8, 4) is 0 Å². The molecule has 1 aromatic carbocycles. The third kappa shape index (κ3) is 4.50. The first-order valence-corrected chi connectivity index (χ1v) is 7.54. The number of benzene rings is 1. The summed E-state index contributed by atoms with van der Waals surface area (Å²) in [6.45, 7) is 7.98. The van der Waals surface area contributed by atoms with Gasteiger partial charge in [-0.25, -0.2) is 0 Å². The van der Waals surface area contributed by atoms with E-state index in [2.05, 4.69) is 37.8 Å². The minimum Gasteiger partial charge on any atom is -0.376 e. The smallest absolute Gasteiger partial charge is 0.0717 e. The molecule has 19 heavy (non-hydrogen) atoms. The van der Waals surface area contributed by atoms with Gasteiger partial charge in [0.1, 0.15) is 0 Å². The summed E-state index contributed by atoms with van der Waals surface area (Å²) in [5, 5.41) is 0. The zero-order chi connectivity index (χ0) is 13.5. The molecule has 1 nitrogen and oxygen atoms in total. The van der Waals surface area contributed by atoms with Crippen molar-refractivity contribution in [1.29, 1.82) is 0 Å². The summed E-state index contributed by atoms with van der Waals surface area (Å²) in [4.78, 5) is 0. The Morgan fingerprint density at radius 1 is 1.16 bits per heavy atom. The molecule has 0 saturated heterocycles. The lowest BCUT2D eigenvalue weighted by atomic mass is 9.84. The highest BCUT2D eigenvalue weighted by Gasteiger charge is 2.24. The Bertz CT molecular complexity index is 382. The highest BCUT2D eigenvalue weighted by Crippen LogP contribution is 2.33. The van der Waals surface area contributed by atoms with Gasteiger partial charge < -0.3 is 4.74 Å². The van der Waals surface area contributed by atoms with Crippen molar-refractivity contribution in [2.45, 2.75) is 45.6 Å². The van der Waals surface area contributed by atoms with Crippen molar-refractivity contribution in [2.24, 2.45) is 11.8 Å². The average molecular weight is 258 g/mol. The van der Waals surface area contributed by atoms with E-state index in [0.29, 0.717) is 11.8 Å². The topological polar surface area (TPSA) is 9.23 Å². The molecule has 1 heteroatoms. The van der Waals surface area contributed by atoms with Crippen molar-refractivity contribution in [3.63, 3.8) is 0 Å². The third-order valence-electron chi connectivity index (χ3n) is 4.24. The zero-order valence-electron chi connectivity index (χ0n) is 12.1. The van der Waals surface area contributed by atoms with E-state index in [1.807, 2.05) is 6.07 Å². The monoisotopic (exact) mass is 258 g/mol. The normalized spacial score (nSPS) is 23.8. The van der Waals surface area contributed by atoms with E-state index >= 15 is 0 Å². The third-order valence-corrected chi connectivity index (χ3v) is 4.24. The molecule has 2 rings (SSSR count). The van der Waals surface area contributed by atoms with Crippen LogP contribution >= 0.6 is 0 Å². The molecule has 0 aromatic heterocycles.